The van der Waals surface area contributed by atoms with Gasteiger partial charge >= 0.3 is 0 Å². The highest BCUT2D eigenvalue weighted by Crippen LogP contribution is 2.29. The van der Waals surface area contributed by atoms with Crippen molar-refractivity contribution in [2.24, 2.45) is 5.92 Å². The summed E-state index contributed by atoms with van der Waals surface area (Å²) in [6, 6.07) is 0. The van der Waals surface area contributed by atoms with Crippen molar-refractivity contribution in [3.63, 3.8) is 0 Å². The normalized spacial score (nSPS) is 32.0. The lowest BCUT2D eigenvalue weighted by Crippen LogP contribution is -2.04. The molecule has 0 spiro atoms. The summed E-state index contributed by atoms with van der Waals surface area (Å²) in [5.41, 5.74) is 0. The quantitative estimate of drug-likeness (QED) is 0.527. The van der Waals surface area contributed by atoms with Crippen LogP contribution in [0.1, 0.15) is 25.7 Å². The van der Waals surface area contributed by atoms with E-state index in [0.717, 1.165) is 12.8 Å². The van der Waals surface area contributed by atoms with Gasteiger partial charge in [0.05, 0.1) is 6.10 Å². The molecule has 0 bridgehead atoms. The zero-order valence-electron chi connectivity index (χ0n) is 6.39. The molecule has 0 N–H and O–H groups in total. The molecule has 0 aromatic heterocycles. The molecule has 0 heterocycles. The minimum absolute atomic E-state index is 0.457. The molecule has 1 aliphatic rings. The van der Waals surface area contributed by atoms with Crippen molar-refractivity contribution < 1.29 is 4.74 Å². The highest BCUT2D eigenvalue weighted by atomic mass is 16.5. The van der Waals surface area contributed by atoms with Crippen LogP contribution in [0, 0.1) is 18.3 Å². The van der Waals surface area contributed by atoms with Gasteiger partial charge in [0.1, 0.15) is 0 Å². The van der Waals surface area contributed by atoms with E-state index in [9.17, 15) is 0 Å². The third-order valence-corrected chi connectivity index (χ3v) is 2.22. The highest BCUT2D eigenvalue weighted by molar-refractivity contribution is 4.85. The van der Waals surface area contributed by atoms with Gasteiger partial charge in [-0.2, -0.15) is 0 Å². The third kappa shape index (κ3) is 1.75. The van der Waals surface area contributed by atoms with Crippen LogP contribution in [0.15, 0.2) is 0 Å². The van der Waals surface area contributed by atoms with Gasteiger partial charge in [0.15, 0.2) is 0 Å². The van der Waals surface area contributed by atoms with Gasteiger partial charge < -0.3 is 4.74 Å². The average Bonchev–Trinajstić information content (AvgIpc) is 2.37. The molecule has 2 unspecified atom stereocenters. The van der Waals surface area contributed by atoms with Gasteiger partial charge in [0, 0.05) is 13.5 Å². The maximum atomic E-state index is 6.80. The van der Waals surface area contributed by atoms with Gasteiger partial charge in [-0.15, -0.1) is 0 Å². The van der Waals surface area contributed by atoms with Gasteiger partial charge in [0.2, 0.25) is 0 Å². The lowest BCUT2D eigenvalue weighted by molar-refractivity contribution is 0.105. The molecule has 10 heavy (non-hydrogen) atoms. The molecule has 1 saturated carbocycles. The largest absolute Gasteiger partial charge is 0.381 e. The Morgan fingerprint density at radius 2 is 2.40 bits per heavy atom. The zero-order valence-corrected chi connectivity index (χ0v) is 6.39. The van der Waals surface area contributed by atoms with E-state index in [0.29, 0.717) is 12.0 Å². The van der Waals surface area contributed by atoms with Crippen molar-refractivity contribution in [1.82, 2.24) is 0 Å². The molecular formula is C9H13O. The van der Waals surface area contributed by atoms with E-state index < -0.39 is 0 Å². The van der Waals surface area contributed by atoms with Gasteiger partial charge in [-0.1, -0.05) is 5.92 Å². The highest BCUT2D eigenvalue weighted by Gasteiger charge is 2.23. The molecule has 0 amide bonds. The number of methoxy groups -OCH3 is 1. The maximum Gasteiger partial charge on any atom is 0.0574 e. The average molecular weight is 137 g/mol. The molecule has 2 atom stereocenters. The maximum absolute atomic E-state index is 6.80. The molecule has 1 heteroatoms. The number of ether oxygens (including phenoxy) is 1. The number of hydrogen-bond donors (Lipinski definition) is 0. The minimum atomic E-state index is 0.457. The van der Waals surface area contributed by atoms with Crippen molar-refractivity contribution in [1.29, 1.82) is 0 Å². The molecule has 0 aromatic rings. The SMILES string of the molecule is [C]#CCC1CCC(OC)C1. The topological polar surface area (TPSA) is 9.23 Å². The van der Waals surface area contributed by atoms with Crippen molar-refractivity contribution in [3.05, 3.63) is 6.42 Å². The Morgan fingerprint density at radius 1 is 1.60 bits per heavy atom. The number of hydrogen-bond acceptors (Lipinski definition) is 1. The monoisotopic (exact) mass is 137 g/mol. The molecule has 0 aromatic carbocycles. The summed E-state index contributed by atoms with van der Waals surface area (Å²) in [5.74, 6) is 3.12. The number of rotatable bonds is 2. The first-order valence-corrected chi connectivity index (χ1v) is 3.79. The Balaban J connectivity index is 2.23. The van der Waals surface area contributed by atoms with Crippen molar-refractivity contribution >= 4 is 0 Å². The summed E-state index contributed by atoms with van der Waals surface area (Å²) >= 11 is 0. The summed E-state index contributed by atoms with van der Waals surface area (Å²) in [4.78, 5) is 0. The second-order valence-corrected chi connectivity index (χ2v) is 2.92. The molecule has 55 valence electrons. The molecule has 1 rings (SSSR count). The second kappa shape index (κ2) is 3.63. The molecule has 1 aliphatic carbocycles. The summed E-state index contributed by atoms with van der Waals surface area (Å²) in [6.45, 7) is 0. The van der Waals surface area contributed by atoms with Crippen LogP contribution in [0.4, 0.5) is 0 Å². The molecular weight excluding hydrogens is 124 g/mol. The van der Waals surface area contributed by atoms with Crippen molar-refractivity contribution in [3.8, 4) is 5.92 Å². The molecule has 1 radical (unpaired) electrons. The van der Waals surface area contributed by atoms with Crippen LogP contribution in [0.3, 0.4) is 0 Å². The minimum Gasteiger partial charge on any atom is -0.381 e. The Kier molecular flexibility index (Phi) is 2.77. The van der Waals surface area contributed by atoms with Crippen LogP contribution in [-0.2, 0) is 4.74 Å². The van der Waals surface area contributed by atoms with Gasteiger partial charge in [0.25, 0.3) is 0 Å². The van der Waals surface area contributed by atoms with Crippen LogP contribution in [0.2, 0.25) is 0 Å². The van der Waals surface area contributed by atoms with Gasteiger partial charge in [-0.3, -0.25) is 0 Å². The van der Waals surface area contributed by atoms with E-state index in [4.69, 9.17) is 11.2 Å². The standard InChI is InChI=1S/C9H13O/c1-3-4-8-5-6-9(7-8)10-2/h8-9H,4-7H2,2H3. The molecule has 1 fully saturated rings. The molecule has 0 aliphatic heterocycles. The Hall–Kier alpha value is -0.480. The van der Waals surface area contributed by atoms with Crippen molar-refractivity contribution in [2.45, 2.75) is 31.8 Å². The Morgan fingerprint density at radius 3 is 2.90 bits per heavy atom. The first kappa shape index (κ1) is 7.63. The fraction of sp³-hybridized carbons (Fsp3) is 0.778. The first-order chi connectivity index (χ1) is 4.86. The van der Waals surface area contributed by atoms with Gasteiger partial charge in [-0.25, -0.2) is 0 Å². The predicted octanol–water partition coefficient (Wildman–Crippen LogP) is 1.78. The fourth-order valence-electron chi connectivity index (χ4n) is 1.57. The molecule has 0 saturated heterocycles. The summed E-state index contributed by atoms with van der Waals surface area (Å²) in [6.07, 6.45) is 11.6. The Labute approximate surface area is 62.8 Å². The predicted molar refractivity (Wildman–Crippen MR) is 39.9 cm³/mol. The second-order valence-electron chi connectivity index (χ2n) is 2.92. The lowest BCUT2D eigenvalue weighted by Gasteiger charge is -2.05. The smallest absolute Gasteiger partial charge is 0.0574 e. The summed E-state index contributed by atoms with van der Waals surface area (Å²) in [5, 5.41) is 0. The van der Waals surface area contributed by atoms with E-state index in [2.05, 4.69) is 5.92 Å². The fourth-order valence-corrected chi connectivity index (χ4v) is 1.57. The zero-order chi connectivity index (χ0) is 7.40. The summed E-state index contributed by atoms with van der Waals surface area (Å²) in [7, 11) is 1.77. The van der Waals surface area contributed by atoms with Crippen LogP contribution in [-0.4, -0.2) is 13.2 Å². The van der Waals surface area contributed by atoms with Crippen molar-refractivity contribution in [2.75, 3.05) is 7.11 Å². The van der Waals surface area contributed by atoms with Crippen LogP contribution in [0.5, 0.6) is 0 Å². The van der Waals surface area contributed by atoms with E-state index in [1.807, 2.05) is 0 Å². The van der Waals surface area contributed by atoms with Gasteiger partial charge in [-0.05, 0) is 31.6 Å². The third-order valence-electron chi connectivity index (χ3n) is 2.22. The van der Waals surface area contributed by atoms with E-state index in [1.165, 1.54) is 12.8 Å². The van der Waals surface area contributed by atoms with E-state index in [1.54, 1.807) is 7.11 Å². The first-order valence-electron chi connectivity index (χ1n) is 3.79. The summed E-state index contributed by atoms with van der Waals surface area (Å²) < 4.78 is 5.20. The molecule has 1 nitrogen and oxygen atoms in total. The van der Waals surface area contributed by atoms with E-state index >= 15 is 0 Å². The van der Waals surface area contributed by atoms with Crippen LogP contribution < -0.4 is 0 Å². The van der Waals surface area contributed by atoms with Crippen LogP contribution in [0.25, 0.3) is 0 Å². The van der Waals surface area contributed by atoms with E-state index in [-0.39, 0.29) is 0 Å². The lowest BCUT2D eigenvalue weighted by atomic mass is 10.1. The van der Waals surface area contributed by atoms with Crippen LogP contribution >= 0.6 is 0 Å². The Bertz CT molecular complexity index is 134.